The van der Waals surface area contributed by atoms with Gasteiger partial charge in [0.05, 0.1) is 10.1 Å². The van der Waals surface area contributed by atoms with Crippen molar-refractivity contribution in [1.29, 1.82) is 0 Å². The molecule has 102 valence electrons. The Morgan fingerprint density at radius 2 is 1.78 bits per heavy atom. The molecule has 18 heavy (non-hydrogen) atoms. The van der Waals surface area contributed by atoms with E-state index in [0.717, 1.165) is 5.56 Å². The molecule has 0 bridgehead atoms. The second-order valence-corrected chi connectivity index (χ2v) is 7.02. The van der Waals surface area contributed by atoms with E-state index in [4.69, 9.17) is 5.11 Å². The normalized spacial score (nSPS) is 13.8. The number of benzene rings is 1. The van der Waals surface area contributed by atoms with E-state index < -0.39 is 15.1 Å². The largest absolute Gasteiger partial charge is 0.396 e. The van der Waals surface area contributed by atoms with E-state index in [0.29, 0.717) is 11.3 Å². The van der Waals surface area contributed by atoms with Crippen molar-refractivity contribution in [3.63, 3.8) is 0 Å². The number of aliphatic hydroxyl groups is 1. The van der Waals surface area contributed by atoms with Crippen molar-refractivity contribution in [1.82, 2.24) is 5.32 Å². The zero-order valence-corrected chi connectivity index (χ0v) is 11.9. The fraction of sp³-hybridized carbons (Fsp3) is 0.538. The number of sulfone groups is 1. The van der Waals surface area contributed by atoms with E-state index in [1.807, 2.05) is 7.05 Å². The van der Waals surface area contributed by atoms with E-state index in [2.05, 4.69) is 5.32 Å². The van der Waals surface area contributed by atoms with Gasteiger partial charge in [0.1, 0.15) is 0 Å². The van der Waals surface area contributed by atoms with Crippen LogP contribution < -0.4 is 5.32 Å². The van der Waals surface area contributed by atoms with Gasteiger partial charge in [-0.2, -0.15) is 0 Å². The highest BCUT2D eigenvalue weighted by molar-refractivity contribution is 7.92. The molecule has 0 aliphatic heterocycles. The molecule has 2 N–H and O–H groups in total. The standard InChI is InChI=1S/C13H21NO3S/c1-10(2)18(16,17)12-6-4-11(5-7-12)13(14-3)8-9-15/h4-7,10,13-15H,8-9H2,1-3H3. The Balaban J connectivity index is 2.99. The first kappa shape index (κ1) is 15.1. The Labute approximate surface area is 109 Å². The highest BCUT2D eigenvalue weighted by Gasteiger charge is 2.19. The van der Waals surface area contributed by atoms with E-state index in [-0.39, 0.29) is 12.6 Å². The summed E-state index contributed by atoms with van der Waals surface area (Å²) < 4.78 is 23.9. The SMILES string of the molecule is CNC(CCO)c1ccc(S(=O)(=O)C(C)C)cc1. The molecule has 0 aromatic heterocycles. The Hall–Kier alpha value is -0.910. The summed E-state index contributed by atoms with van der Waals surface area (Å²) >= 11 is 0. The van der Waals surface area contributed by atoms with Crippen molar-refractivity contribution >= 4 is 9.84 Å². The molecule has 0 aliphatic rings. The smallest absolute Gasteiger partial charge is 0.180 e. The molecule has 5 heteroatoms. The van der Waals surface area contributed by atoms with Crippen LogP contribution in [-0.2, 0) is 9.84 Å². The van der Waals surface area contributed by atoms with Crippen molar-refractivity contribution in [2.45, 2.75) is 36.5 Å². The van der Waals surface area contributed by atoms with Gasteiger partial charge in [0.2, 0.25) is 0 Å². The number of rotatable bonds is 6. The third kappa shape index (κ3) is 3.31. The number of nitrogens with one attached hydrogen (secondary N) is 1. The third-order valence-electron chi connectivity index (χ3n) is 3.00. The summed E-state index contributed by atoms with van der Waals surface area (Å²) in [6.07, 6.45) is 0.604. The molecule has 0 fully saturated rings. The lowest BCUT2D eigenvalue weighted by Crippen LogP contribution is -2.18. The molecule has 4 nitrogen and oxygen atoms in total. The average Bonchev–Trinajstić information content (AvgIpc) is 2.36. The second-order valence-electron chi connectivity index (χ2n) is 4.52. The first-order chi connectivity index (χ1) is 8.43. The van der Waals surface area contributed by atoms with Crippen LogP contribution in [0.4, 0.5) is 0 Å². The summed E-state index contributed by atoms with van der Waals surface area (Å²) in [5, 5.41) is 11.6. The minimum atomic E-state index is -3.21. The van der Waals surface area contributed by atoms with Crippen LogP contribution in [0.1, 0.15) is 31.9 Å². The van der Waals surface area contributed by atoms with Gasteiger partial charge in [-0.25, -0.2) is 8.42 Å². The lowest BCUT2D eigenvalue weighted by Gasteiger charge is -2.16. The molecular formula is C13H21NO3S. The molecular weight excluding hydrogens is 250 g/mol. The Bertz CT molecular complexity index is 466. The van der Waals surface area contributed by atoms with Crippen LogP contribution in [0, 0.1) is 0 Å². The zero-order valence-electron chi connectivity index (χ0n) is 11.1. The van der Waals surface area contributed by atoms with Crippen LogP contribution in [0.3, 0.4) is 0 Å². The fourth-order valence-electron chi connectivity index (χ4n) is 1.77. The van der Waals surface area contributed by atoms with Crippen molar-refractivity contribution in [2.75, 3.05) is 13.7 Å². The quantitative estimate of drug-likeness (QED) is 0.823. The van der Waals surface area contributed by atoms with Crippen molar-refractivity contribution in [3.8, 4) is 0 Å². The van der Waals surface area contributed by atoms with Crippen molar-refractivity contribution < 1.29 is 13.5 Å². The average molecular weight is 271 g/mol. The van der Waals surface area contributed by atoms with Gasteiger partial charge in [-0.05, 0) is 45.0 Å². The van der Waals surface area contributed by atoms with Gasteiger partial charge in [0, 0.05) is 12.6 Å². The van der Waals surface area contributed by atoms with E-state index in [1.54, 1.807) is 38.1 Å². The predicted octanol–water partition coefficient (Wildman–Crippen LogP) is 1.51. The van der Waals surface area contributed by atoms with Crippen molar-refractivity contribution in [3.05, 3.63) is 29.8 Å². The summed E-state index contributed by atoms with van der Waals surface area (Å²) in [7, 11) is -1.39. The molecule has 0 saturated carbocycles. The summed E-state index contributed by atoms with van der Waals surface area (Å²) in [5.41, 5.74) is 0.981. The molecule has 0 radical (unpaired) electrons. The Kier molecular flexibility index (Phi) is 5.31. The first-order valence-corrected chi connectivity index (χ1v) is 7.60. The molecule has 1 aromatic rings. The van der Waals surface area contributed by atoms with Gasteiger partial charge in [0.25, 0.3) is 0 Å². The topological polar surface area (TPSA) is 66.4 Å². The van der Waals surface area contributed by atoms with E-state index in [1.165, 1.54) is 0 Å². The van der Waals surface area contributed by atoms with Crippen molar-refractivity contribution in [2.24, 2.45) is 0 Å². The maximum atomic E-state index is 12.0. The molecule has 0 saturated heterocycles. The molecule has 0 aliphatic carbocycles. The highest BCUT2D eigenvalue weighted by Crippen LogP contribution is 2.21. The van der Waals surface area contributed by atoms with Crippen LogP contribution in [0.5, 0.6) is 0 Å². The van der Waals surface area contributed by atoms with E-state index in [9.17, 15) is 8.42 Å². The predicted molar refractivity (Wildman–Crippen MR) is 72.3 cm³/mol. The lowest BCUT2D eigenvalue weighted by molar-refractivity contribution is 0.269. The Morgan fingerprint density at radius 3 is 2.17 bits per heavy atom. The molecule has 0 amide bonds. The van der Waals surface area contributed by atoms with E-state index >= 15 is 0 Å². The van der Waals surface area contributed by atoms with Gasteiger partial charge >= 0.3 is 0 Å². The lowest BCUT2D eigenvalue weighted by atomic mass is 10.0. The second kappa shape index (κ2) is 6.31. The first-order valence-electron chi connectivity index (χ1n) is 6.05. The molecule has 1 rings (SSSR count). The van der Waals surface area contributed by atoms with Gasteiger partial charge < -0.3 is 10.4 Å². The summed E-state index contributed by atoms with van der Waals surface area (Å²) in [4.78, 5) is 0.347. The highest BCUT2D eigenvalue weighted by atomic mass is 32.2. The summed E-state index contributed by atoms with van der Waals surface area (Å²) in [5.74, 6) is 0. The summed E-state index contributed by atoms with van der Waals surface area (Å²) in [6.45, 7) is 3.44. The number of aliphatic hydroxyl groups excluding tert-OH is 1. The molecule has 0 heterocycles. The van der Waals surface area contributed by atoms with Gasteiger partial charge in [-0.15, -0.1) is 0 Å². The molecule has 1 unspecified atom stereocenters. The maximum Gasteiger partial charge on any atom is 0.180 e. The van der Waals surface area contributed by atoms with Crippen LogP contribution in [-0.4, -0.2) is 32.4 Å². The van der Waals surface area contributed by atoms with Gasteiger partial charge in [0.15, 0.2) is 9.84 Å². The molecule has 1 atom stereocenters. The summed E-state index contributed by atoms with van der Waals surface area (Å²) in [6, 6.07) is 6.91. The molecule has 0 spiro atoms. The van der Waals surface area contributed by atoms with Gasteiger partial charge in [-0.1, -0.05) is 12.1 Å². The third-order valence-corrected chi connectivity index (χ3v) is 5.17. The van der Waals surface area contributed by atoms with Crippen LogP contribution in [0.2, 0.25) is 0 Å². The van der Waals surface area contributed by atoms with Crippen LogP contribution in [0.15, 0.2) is 29.2 Å². The molecule has 1 aromatic carbocycles. The maximum absolute atomic E-state index is 12.0. The fourth-order valence-corrected chi connectivity index (χ4v) is 2.83. The minimum absolute atomic E-state index is 0.0470. The Morgan fingerprint density at radius 1 is 1.22 bits per heavy atom. The van der Waals surface area contributed by atoms with Gasteiger partial charge in [-0.3, -0.25) is 0 Å². The number of hydrogen-bond acceptors (Lipinski definition) is 4. The minimum Gasteiger partial charge on any atom is -0.396 e. The zero-order chi connectivity index (χ0) is 13.8. The number of hydrogen-bond donors (Lipinski definition) is 2. The van der Waals surface area contributed by atoms with Crippen LogP contribution >= 0.6 is 0 Å². The van der Waals surface area contributed by atoms with Crippen LogP contribution in [0.25, 0.3) is 0 Å². The monoisotopic (exact) mass is 271 g/mol.